The number of fused-ring (bicyclic) bond motifs is 3. The lowest BCUT2D eigenvalue weighted by Crippen LogP contribution is -2.47. The van der Waals surface area contributed by atoms with Crippen LogP contribution in [0.3, 0.4) is 0 Å². The smallest absolute Gasteiger partial charge is 0.233 e. The molecule has 0 spiro atoms. The van der Waals surface area contributed by atoms with Crippen molar-refractivity contribution in [3.05, 3.63) is 98.6 Å². The Bertz CT molecular complexity index is 1650. The molecule has 4 atom stereocenters. The van der Waals surface area contributed by atoms with Crippen molar-refractivity contribution in [2.75, 3.05) is 13.1 Å². The number of rotatable bonds is 4. The van der Waals surface area contributed by atoms with Gasteiger partial charge in [-0.3, -0.25) is 29.0 Å². The minimum Gasteiger partial charge on any atom is -0.508 e. The number of likely N-dealkylation sites (tertiary alicyclic amines) is 2. The predicted octanol–water partition coefficient (Wildman–Crippen LogP) is 5.25. The molecule has 0 aromatic heterocycles. The topological polar surface area (TPSA) is 95.0 Å². The van der Waals surface area contributed by atoms with Crippen molar-refractivity contribution < 1.29 is 24.3 Å². The lowest BCUT2D eigenvalue weighted by molar-refractivity contribution is -0.144. The Balaban J connectivity index is 1.19. The second kappa shape index (κ2) is 10.8. The van der Waals surface area contributed by atoms with Gasteiger partial charge in [-0.2, -0.15) is 0 Å². The first-order chi connectivity index (χ1) is 20.7. The van der Waals surface area contributed by atoms with E-state index in [2.05, 4.69) is 33.0 Å². The molecular formula is C35H33BrN2O5. The van der Waals surface area contributed by atoms with Crippen LogP contribution in [0.2, 0.25) is 0 Å². The van der Waals surface area contributed by atoms with Gasteiger partial charge in [0.15, 0.2) is 11.6 Å². The average molecular weight is 642 g/mol. The first-order valence-electron chi connectivity index (χ1n) is 15.0. The summed E-state index contributed by atoms with van der Waals surface area (Å²) in [6.45, 7) is 4.10. The fraction of sp³-hybridized carbons (Fsp3) is 0.371. The zero-order valence-corrected chi connectivity index (χ0v) is 25.5. The van der Waals surface area contributed by atoms with Crippen LogP contribution >= 0.6 is 15.9 Å². The minimum absolute atomic E-state index is 0.0213. The van der Waals surface area contributed by atoms with Crippen molar-refractivity contribution in [3.63, 3.8) is 0 Å². The van der Waals surface area contributed by atoms with Gasteiger partial charge in [0.2, 0.25) is 11.8 Å². The molecule has 1 N–H and O–H groups in total. The number of imide groups is 1. The maximum absolute atomic E-state index is 14.2. The summed E-state index contributed by atoms with van der Waals surface area (Å²) in [5.74, 6) is -2.82. The van der Waals surface area contributed by atoms with Gasteiger partial charge in [0.1, 0.15) is 5.75 Å². The largest absolute Gasteiger partial charge is 0.508 e. The van der Waals surface area contributed by atoms with Gasteiger partial charge in [-0.05, 0) is 68.4 Å². The quantitative estimate of drug-likeness (QED) is 0.279. The molecule has 220 valence electrons. The average Bonchev–Trinajstić information content (AvgIpc) is 3.26. The van der Waals surface area contributed by atoms with E-state index in [1.807, 2.05) is 24.3 Å². The maximum atomic E-state index is 14.2. The van der Waals surface area contributed by atoms with Crippen LogP contribution in [0.5, 0.6) is 5.75 Å². The molecular weight excluding hydrogens is 608 g/mol. The fourth-order valence-corrected chi connectivity index (χ4v) is 8.43. The molecule has 43 heavy (non-hydrogen) atoms. The van der Waals surface area contributed by atoms with E-state index in [9.17, 15) is 24.3 Å². The van der Waals surface area contributed by atoms with Crippen LogP contribution in [0.1, 0.15) is 49.7 Å². The molecule has 0 radical (unpaired) electrons. The van der Waals surface area contributed by atoms with Crippen LogP contribution in [0, 0.1) is 17.8 Å². The summed E-state index contributed by atoms with van der Waals surface area (Å²) in [7, 11) is 0. The number of carbonyl (C=O) groups is 4. The number of benzene rings is 2. The molecule has 2 aliphatic heterocycles. The van der Waals surface area contributed by atoms with Gasteiger partial charge in [-0.25, -0.2) is 0 Å². The number of allylic oxidation sites excluding steroid dienone is 6. The molecule has 2 saturated heterocycles. The first kappa shape index (κ1) is 28.2. The highest BCUT2D eigenvalue weighted by Gasteiger charge is 2.57. The highest BCUT2D eigenvalue weighted by molar-refractivity contribution is 9.10. The summed E-state index contributed by atoms with van der Waals surface area (Å²) >= 11 is 3.49. The number of aromatic hydroxyl groups is 1. The summed E-state index contributed by atoms with van der Waals surface area (Å²) in [6, 6.07) is 15.2. The third-order valence-corrected chi connectivity index (χ3v) is 10.6. The Labute approximate surface area is 259 Å². The van der Waals surface area contributed by atoms with Crippen LogP contribution in [-0.4, -0.2) is 57.4 Å². The highest BCUT2D eigenvalue weighted by atomic mass is 79.9. The van der Waals surface area contributed by atoms with Crippen LogP contribution < -0.4 is 0 Å². The number of carbonyl (C=O) groups excluding carboxylic acids is 4. The lowest BCUT2D eigenvalue weighted by atomic mass is 9.59. The number of piperidine rings is 1. The van der Waals surface area contributed by atoms with Gasteiger partial charge in [0.25, 0.3) is 0 Å². The number of hydrogen-bond acceptors (Lipinski definition) is 6. The van der Waals surface area contributed by atoms with Crippen LogP contribution in [0.4, 0.5) is 0 Å². The Morgan fingerprint density at radius 1 is 0.953 bits per heavy atom. The molecule has 7 rings (SSSR count). The van der Waals surface area contributed by atoms with E-state index in [1.54, 1.807) is 30.0 Å². The zero-order chi connectivity index (χ0) is 30.0. The molecule has 2 amide bonds. The van der Waals surface area contributed by atoms with Gasteiger partial charge in [0, 0.05) is 58.3 Å². The second-order valence-corrected chi connectivity index (χ2v) is 13.4. The van der Waals surface area contributed by atoms with E-state index in [1.165, 1.54) is 11.6 Å². The summed E-state index contributed by atoms with van der Waals surface area (Å²) in [5, 5.41) is 11.0. The van der Waals surface area contributed by atoms with Crippen LogP contribution in [-0.2, 0) is 25.7 Å². The lowest BCUT2D eigenvalue weighted by Gasteiger charge is -2.42. The van der Waals surface area contributed by atoms with Crippen molar-refractivity contribution in [3.8, 4) is 5.75 Å². The molecule has 2 aromatic rings. The number of ketones is 2. The molecule has 4 unspecified atom stereocenters. The molecule has 5 aliphatic rings. The van der Waals surface area contributed by atoms with Crippen molar-refractivity contribution in [2.24, 2.45) is 17.8 Å². The van der Waals surface area contributed by atoms with E-state index >= 15 is 0 Å². The molecule has 0 bridgehead atoms. The van der Waals surface area contributed by atoms with Gasteiger partial charge in [0.05, 0.1) is 11.8 Å². The number of amides is 2. The molecule has 3 aliphatic carbocycles. The maximum Gasteiger partial charge on any atom is 0.233 e. The SMILES string of the molecule is CC1=CC(=O)C2=C(CC3C(=CCC4C(=O)N(C5CCN(Cc6ccccc6)CC5)C(=O)C43)C2c2cc(Br)ccc2O)C1=O. The van der Waals surface area contributed by atoms with Crippen molar-refractivity contribution in [1.29, 1.82) is 0 Å². The Kier molecular flexibility index (Phi) is 7.09. The highest BCUT2D eigenvalue weighted by Crippen LogP contribution is 2.56. The minimum atomic E-state index is -0.661. The number of phenolic OH excluding ortho intramolecular Hbond substituents is 1. The molecule has 2 heterocycles. The molecule has 0 saturated carbocycles. The first-order valence-corrected chi connectivity index (χ1v) is 15.8. The van der Waals surface area contributed by atoms with Gasteiger partial charge < -0.3 is 5.11 Å². The van der Waals surface area contributed by atoms with Gasteiger partial charge in [-0.15, -0.1) is 0 Å². The Hall–Kier alpha value is -3.62. The monoisotopic (exact) mass is 640 g/mol. The molecule has 2 fully saturated rings. The molecule has 8 heteroatoms. The summed E-state index contributed by atoms with van der Waals surface area (Å²) in [4.78, 5) is 59.0. The van der Waals surface area contributed by atoms with Crippen LogP contribution in [0.15, 0.2) is 87.4 Å². The Morgan fingerprint density at radius 3 is 2.44 bits per heavy atom. The third kappa shape index (κ3) is 4.66. The predicted molar refractivity (Wildman–Crippen MR) is 164 cm³/mol. The van der Waals surface area contributed by atoms with E-state index in [0.717, 1.165) is 42.5 Å². The molecule has 2 aromatic carbocycles. The number of hydrogen-bond donors (Lipinski definition) is 1. The number of phenols is 1. The molecule has 7 nitrogen and oxygen atoms in total. The van der Waals surface area contributed by atoms with Crippen molar-refractivity contribution >= 4 is 39.3 Å². The Morgan fingerprint density at radius 2 is 1.70 bits per heavy atom. The number of Topliss-reactive ketones (excluding diaryl/α,β-unsaturated/α-hetero) is 1. The van der Waals surface area contributed by atoms with Crippen molar-refractivity contribution in [1.82, 2.24) is 9.80 Å². The van der Waals surface area contributed by atoms with E-state index in [0.29, 0.717) is 28.7 Å². The van der Waals surface area contributed by atoms with Crippen molar-refractivity contribution in [2.45, 2.75) is 51.1 Å². The summed E-state index contributed by atoms with van der Waals surface area (Å²) < 4.78 is 0.733. The van der Waals surface area contributed by atoms with Gasteiger partial charge in [-0.1, -0.05) is 57.9 Å². The standard InChI is InChI=1S/C35H33BrN2O5/c1-19-15-29(40)32-27(33(19)41)17-25-23(30(32)26-16-21(36)7-10-28(26)39)8-9-24-31(25)35(43)38(34(24)42)22-11-13-37(14-12-22)18-20-5-3-2-4-6-20/h2-8,10,15-16,22,24-25,30-31,39H,9,11-14,17-18H2,1H3. The van der Waals surface area contributed by atoms with E-state index in [-0.39, 0.29) is 41.6 Å². The normalized spacial score (nSPS) is 28.0. The van der Waals surface area contributed by atoms with E-state index < -0.39 is 23.7 Å². The fourth-order valence-electron chi connectivity index (χ4n) is 8.06. The second-order valence-electron chi connectivity index (χ2n) is 12.5. The zero-order valence-electron chi connectivity index (χ0n) is 24.0. The van der Waals surface area contributed by atoms with Crippen LogP contribution in [0.25, 0.3) is 0 Å². The van der Waals surface area contributed by atoms with E-state index in [4.69, 9.17) is 0 Å². The number of halogens is 1. The van der Waals surface area contributed by atoms with Gasteiger partial charge >= 0.3 is 0 Å². The summed E-state index contributed by atoms with van der Waals surface area (Å²) in [5.41, 5.74) is 3.78. The third-order valence-electron chi connectivity index (χ3n) is 10.1. The summed E-state index contributed by atoms with van der Waals surface area (Å²) in [6.07, 6.45) is 5.48. The number of nitrogens with zero attached hydrogens (tertiary/aromatic N) is 2.